The van der Waals surface area contributed by atoms with Gasteiger partial charge in [0.1, 0.15) is 11.9 Å². The second-order valence-corrected chi connectivity index (χ2v) is 2.75. The van der Waals surface area contributed by atoms with Gasteiger partial charge in [-0.15, -0.1) is 0 Å². The molecule has 0 radical (unpaired) electrons. The van der Waals surface area contributed by atoms with Gasteiger partial charge in [-0.25, -0.2) is 0 Å². The first-order chi connectivity index (χ1) is 4.41. The highest BCUT2D eigenvalue weighted by Gasteiger charge is 2.36. The fraction of sp³-hybridized carbons (Fsp3) is 0.714. The molecule has 0 aromatic heterocycles. The van der Waals surface area contributed by atoms with E-state index in [0.717, 1.165) is 12.8 Å². The highest BCUT2D eigenvalue weighted by Crippen LogP contribution is 2.37. The molecule has 1 saturated carbocycles. The van der Waals surface area contributed by atoms with E-state index in [1.54, 1.807) is 6.26 Å². The van der Waals surface area contributed by atoms with Gasteiger partial charge < -0.3 is 4.89 Å². The average Bonchev–Trinajstić information content (AvgIpc) is 2.45. The van der Waals surface area contributed by atoms with Gasteiger partial charge in [0.05, 0.1) is 0 Å². The Balaban J connectivity index is 2.13. The molecule has 0 aromatic rings. The Hall–Kier alpha value is -0.500. The number of rotatable bonds is 0. The predicted octanol–water partition coefficient (Wildman–Crippen LogP) is 1.77. The van der Waals surface area contributed by atoms with Crippen molar-refractivity contribution in [1.29, 1.82) is 0 Å². The molecule has 1 heterocycles. The normalized spacial score (nSPS) is 29.3. The van der Waals surface area contributed by atoms with Crippen molar-refractivity contribution >= 4 is 0 Å². The van der Waals surface area contributed by atoms with Gasteiger partial charge in [-0.2, -0.15) is 4.89 Å². The summed E-state index contributed by atoms with van der Waals surface area (Å²) < 4.78 is 0. The largest absolute Gasteiger partial charge is 0.345 e. The Bertz CT molecular complexity index is 134. The zero-order valence-corrected chi connectivity index (χ0v) is 5.30. The summed E-state index contributed by atoms with van der Waals surface area (Å²) in [4.78, 5) is 9.79. The standard InChI is InChI=1S/C7H10O2/c1-2-4-7(3-1)5-6-8-9-7/h5-6H,1-4H2. The number of hydrogen-bond donors (Lipinski definition) is 0. The summed E-state index contributed by atoms with van der Waals surface area (Å²) in [5.41, 5.74) is -0.0139. The second-order valence-electron chi connectivity index (χ2n) is 2.75. The van der Waals surface area contributed by atoms with Crippen molar-refractivity contribution in [3.05, 3.63) is 12.3 Å². The quantitative estimate of drug-likeness (QED) is 0.460. The topological polar surface area (TPSA) is 18.5 Å². The lowest BCUT2D eigenvalue weighted by Crippen LogP contribution is -2.20. The highest BCUT2D eigenvalue weighted by atomic mass is 17.2. The van der Waals surface area contributed by atoms with Gasteiger partial charge >= 0.3 is 0 Å². The zero-order chi connectivity index (χ0) is 6.16. The highest BCUT2D eigenvalue weighted by molar-refractivity contribution is 5.04. The molecule has 1 aliphatic heterocycles. The minimum absolute atomic E-state index is 0.0139. The average molecular weight is 126 g/mol. The molecule has 50 valence electrons. The maximum Gasteiger partial charge on any atom is 0.136 e. The molecule has 9 heavy (non-hydrogen) atoms. The molecular weight excluding hydrogens is 116 g/mol. The van der Waals surface area contributed by atoms with E-state index in [0.29, 0.717) is 0 Å². The summed E-state index contributed by atoms with van der Waals surface area (Å²) >= 11 is 0. The molecule has 2 aliphatic rings. The third-order valence-corrected chi connectivity index (χ3v) is 2.09. The Morgan fingerprint density at radius 2 is 2.00 bits per heavy atom. The van der Waals surface area contributed by atoms with Gasteiger partial charge in [-0.05, 0) is 31.8 Å². The summed E-state index contributed by atoms with van der Waals surface area (Å²) in [6, 6.07) is 0. The van der Waals surface area contributed by atoms with Crippen LogP contribution >= 0.6 is 0 Å². The van der Waals surface area contributed by atoms with Crippen molar-refractivity contribution in [2.45, 2.75) is 31.3 Å². The molecule has 0 N–H and O–H groups in total. The third-order valence-electron chi connectivity index (χ3n) is 2.09. The van der Waals surface area contributed by atoms with Crippen LogP contribution in [0.2, 0.25) is 0 Å². The molecular formula is C7H10O2. The van der Waals surface area contributed by atoms with E-state index < -0.39 is 0 Å². The van der Waals surface area contributed by atoms with E-state index in [2.05, 4.69) is 0 Å². The van der Waals surface area contributed by atoms with Gasteiger partial charge in [0, 0.05) is 0 Å². The molecule has 0 unspecified atom stereocenters. The maximum atomic E-state index is 5.09. The van der Waals surface area contributed by atoms with Crippen LogP contribution in [0.1, 0.15) is 25.7 Å². The SMILES string of the molecule is C1=CC2(CCCC2)OO1. The fourth-order valence-electron chi connectivity index (χ4n) is 1.53. The molecule has 0 saturated heterocycles. The smallest absolute Gasteiger partial charge is 0.136 e. The maximum absolute atomic E-state index is 5.09. The number of hydrogen-bond acceptors (Lipinski definition) is 2. The lowest BCUT2D eigenvalue weighted by Gasteiger charge is -2.15. The van der Waals surface area contributed by atoms with Crippen LogP contribution in [0.5, 0.6) is 0 Å². The van der Waals surface area contributed by atoms with E-state index in [-0.39, 0.29) is 5.60 Å². The van der Waals surface area contributed by atoms with Gasteiger partial charge in [-0.3, -0.25) is 0 Å². The van der Waals surface area contributed by atoms with E-state index in [1.807, 2.05) is 6.08 Å². The second kappa shape index (κ2) is 1.74. The van der Waals surface area contributed by atoms with Crippen LogP contribution in [0.25, 0.3) is 0 Å². The Kier molecular flexibility index (Phi) is 1.02. The van der Waals surface area contributed by atoms with Crippen LogP contribution in [-0.2, 0) is 9.78 Å². The van der Waals surface area contributed by atoms with Crippen molar-refractivity contribution in [3.8, 4) is 0 Å². The molecule has 0 aromatic carbocycles. The van der Waals surface area contributed by atoms with Crippen LogP contribution in [-0.4, -0.2) is 5.60 Å². The third kappa shape index (κ3) is 0.741. The molecule has 1 aliphatic carbocycles. The monoisotopic (exact) mass is 126 g/mol. The first-order valence-electron chi connectivity index (χ1n) is 3.44. The molecule has 2 rings (SSSR count). The first kappa shape index (κ1) is 5.30. The van der Waals surface area contributed by atoms with Crippen LogP contribution in [0.3, 0.4) is 0 Å². The molecule has 0 amide bonds. The molecule has 1 spiro atoms. The lowest BCUT2D eigenvalue weighted by molar-refractivity contribution is -0.288. The summed E-state index contributed by atoms with van der Waals surface area (Å²) in [6.07, 6.45) is 8.47. The minimum Gasteiger partial charge on any atom is -0.345 e. The van der Waals surface area contributed by atoms with Crippen LogP contribution in [0.4, 0.5) is 0 Å². The summed E-state index contributed by atoms with van der Waals surface area (Å²) in [6.45, 7) is 0. The van der Waals surface area contributed by atoms with Crippen LogP contribution in [0.15, 0.2) is 12.3 Å². The van der Waals surface area contributed by atoms with Gasteiger partial charge in [0.25, 0.3) is 0 Å². The van der Waals surface area contributed by atoms with E-state index >= 15 is 0 Å². The van der Waals surface area contributed by atoms with E-state index in [9.17, 15) is 0 Å². The predicted molar refractivity (Wildman–Crippen MR) is 32.5 cm³/mol. The zero-order valence-electron chi connectivity index (χ0n) is 5.30. The Morgan fingerprint density at radius 1 is 1.22 bits per heavy atom. The fourth-order valence-corrected chi connectivity index (χ4v) is 1.53. The first-order valence-corrected chi connectivity index (χ1v) is 3.44. The van der Waals surface area contributed by atoms with Crippen LogP contribution in [0, 0.1) is 0 Å². The van der Waals surface area contributed by atoms with Gasteiger partial charge in [0.15, 0.2) is 0 Å². The molecule has 1 fully saturated rings. The molecule has 0 bridgehead atoms. The summed E-state index contributed by atoms with van der Waals surface area (Å²) in [5.74, 6) is 0. The minimum atomic E-state index is -0.0139. The molecule has 0 atom stereocenters. The summed E-state index contributed by atoms with van der Waals surface area (Å²) in [7, 11) is 0. The van der Waals surface area contributed by atoms with Crippen molar-refractivity contribution in [1.82, 2.24) is 0 Å². The van der Waals surface area contributed by atoms with Crippen molar-refractivity contribution in [3.63, 3.8) is 0 Å². The van der Waals surface area contributed by atoms with E-state index in [4.69, 9.17) is 9.78 Å². The van der Waals surface area contributed by atoms with Crippen molar-refractivity contribution in [2.24, 2.45) is 0 Å². The van der Waals surface area contributed by atoms with Gasteiger partial charge in [0.2, 0.25) is 0 Å². The molecule has 2 nitrogen and oxygen atoms in total. The Labute approximate surface area is 54.4 Å². The summed E-state index contributed by atoms with van der Waals surface area (Å²) in [5, 5.41) is 0. The van der Waals surface area contributed by atoms with Crippen molar-refractivity contribution < 1.29 is 9.78 Å². The Morgan fingerprint density at radius 3 is 2.56 bits per heavy atom. The molecule has 2 heteroatoms. The van der Waals surface area contributed by atoms with Crippen LogP contribution < -0.4 is 0 Å². The lowest BCUT2D eigenvalue weighted by atomic mass is 10.0. The van der Waals surface area contributed by atoms with Crippen molar-refractivity contribution in [2.75, 3.05) is 0 Å². The van der Waals surface area contributed by atoms with Gasteiger partial charge in [-0.1, -0.05) is 0 Å². The van der Waals surface area contributed by atoms with E-state index in [1.165, 1.54) is 12.8 Å².